The van der Waals surface area contributed by atoms with E-state index in [-0.39, 0.29) is 6.04 Å². The Labute approximate surface area is 105 Å². The van der Waals surface area contributed by atoms with Crippen LogP contribution < -0.4 is 10.6 Å². The average molecular weight is 232 g/mol. The Morgan fingerprint density at radius 2 is 2.00 bits per heavy atom. The summed E-state index contributed by atoms with van der Waals surface area (Å²) in [5.74, 6) is 0. The van der Waals surface area contributed by atoms with Gasteiger partial charge in [-0.15, -0.1) is 0 Å². The molecule has 1 aromatic rings. The van der Waals surface area contributed by atoms with Crippen molar-refractivity contribution in [1.29, 1.82) is 0 Å². The molecule has 94 valence electrons. The lowest BCUT2D eigenvalue weighted by Gasteiger charge is -2.27. The van der Waals surface area contributed by atoms with Gasteiger partial charge in [-0.25, -0.2) is 0 Å². The summed E-state index contributed by atoms with van der Waals surface area (Å²) < 4.78 is 0. The van der Waals surface area contributed by atoms with Crippen LogP contribution in [0.5, 0.6) is 0 Å². The van der Waals surface area contributed by atoms with Crippen molar-refractivity contribution >= 4 is 5.69 Å². The highest BCUT2D eigenvalue weighted by Crippen LogP contribution is 2.27. The molecule has 1 aromatic carbocycles. The predicted octanol–water partition coefficient (Wildman–Crippen LogP) is 3.50. The lowest BCUT2D eigenvalue weighted by atomic mass is 10.0. The predicted molar refractivity (Wildman–Crippen MR) is 76.4 cm³/mol. The molecule has 1 unspecified atom stereocenters. The number of benzene rings is 1. The van der Waals surface area contributed by atoms with E-state index >= 15 is 0 Å². The Hall–Kier alpha value is -1.28. The second-order valence-electron chi connectivity index (χ2n) is 4.54. The minimum absolute atomic E-state index is 0.116. The number of likely N-dealkylation sites (N-methyl/N-ethyl adjacent to an activating group) is 1. The first-order valence-corrected chi connectivity index (χ1v) is 6.33. The van der Waals surface area contributed by atoms with Crippen LogP contribution in [0.3, 0.4) is 0 Å². The molecule has 0 bridgehead atoms. The van der Waals surface area contributed by atoms with Crippen molar-refractivity contribution in [3.05, 3.63) is 42.0 Å². The van der Waals surface area contributed by atoms with Crippen LogP contribution in [0.25, 0.3) is 0 Å². The molecule has 1 atom stereocenters. The van der Waals surface area contributed by atoms with E-state index in [0.29, 0.717) is 0 Å². The van der Waals surface area contributed by atoms with Gasteiger partial charge in [0.15, 0.2) is 0 Å². The van der Waals surface area contributed by atoms with Gasteiger partial charge >= 0.3 is 0 Å². The SMILES string of the molecule is C=C(C)CN(CC)c1ccccc1C(N)CC. The molecule has 2 nitrogen and oxygen atoms in total. The van der Waals surface area contributed by atoms with Gasteiger partial charge in [-0.2, -0.15) is 0 Å². The smallest absolute Gasteiger partial charge is 0.0417 e. The van der Waals surface area contributed by atoms with Crippen molar-refractivity contribution in [2.75, 3.05) is 18.0 Å². The van der Waals surface area contributed by atoms with Gasteiger partial charge in [0.2, 0.25) is 0 Å². The average Bonchev–Trinajstić information content (AvgIpc) is 2.34. The van der Waals surface area contributed by atoms with Gasteiger partial charge in [0.05, 0.1) is 0 Å². The van der Waals surface area contributed by atoms with E-state index in [9.17, 15) is 0 Å². The van der Waals surface area contributed by atoms with Crippen molar-refractivity contribution < 1.29 is 0 Å². The first kappa shape index (κ1) is 13.8. The van der Waals surface area contributed by atoms with Gasteiger partial charge in [-0.05, 0) is 31.9 Å². The van der Waals surface area contributed by atoms with Crippen molar-refractivity contribution in [3.8, 4) is 0 Å². The summed E-state index contributed by atoms with van der Waals surface area (Å²) in [5, 5.41) is 0. The molecule has 0 aliphatic carbocycles. The minimum Gasteiger partial charge on any atom is -0.368 e. The molecule has 0 amide bonds. The van der Waals surface area contributed by atoms with E-state index in [0.717, 1.165) is 19.5 Å². The third-order valence-electron chi connectivity index (χ3n) is 2.96. The molecule has 0 saturated carbocycles. The van der Waals surface area contributed by atoms with E-state index in [1.54, 1.807) is 0 Å². The van der Waals surface area contributed by atoms with Crippen LogP contribution >= 0.6 is 0 Å². The van der Waals surface area contributed by atoms with E-state index in [2.05, 4.69) is 56.5 Å². The van der Waals surface area contributed by atoms with Crippen molar-refractivity contribution in [3.63, 3.8) is 0 Å². The second kappa shape index (κ2) is 6.45. The molecule has 0 saturated heterocycles. The van der Waals surface area contributed by atoms with Crippen molar-refractivity contribution in [1.82, 2.24) is 0 Å². The number of rotatable bonds is 6. The zero-order valence-electron chi connectivity index (χ0n) is 11.2. The lowest BCUT2D eigenvalue weighted by molar-refractivity contribution is 0.693. The summed E-state index contributed by atoms with van der Waals surface area (Å²) in [5.41, 5.74) is 9.82. The zero-order valence-corrected chi connectivity index (χ0v) is 11.2. The molecule has 17 heavy (non-hydrogen) atoms. The van der Waals surface area contributed by atoms with Gasteiger partial charge < -0.3 is 10.6 Å². The summed E-state index contributed by atoms with van der Waals surface area (Å²) in [6.45, 7) is 12.2. The Kier molecular flexibility index (Phi) is 5.23. The zero-order chi connectivity index (χ0) is 12.8. The van der Waals surface area contributed by atoms with Crippen LogP contribution in [0, 0.1) is 0 Å². The largest absolute Gasteiger partial charge is 0.368 e. The van der Waals surface area contributed by atoms with Crippen LogP contribution in [-0.2, 0) is 0 Å². The Morgan fingerprint density at radius 1 is 1.35 bits per heavy atom. The highest BCUT2D eigenvalue weighted by molar-refractivity contribution is 5.55. The Bertz CT molecular complexity index is 371. The molecule has 2 N–H and O–H groups in total. The molecule has 0 aromatic heterocycles. The summed E-state index contributed by atoms with van der Waals surface area (Å²) in [6, 6.07) is 8.53. The topological polar surface area (TPSA) is 29.3 Å². The molecule has 2 heteroatoms. The monoisotopic (exact) mass is 232 g/mol. The standard InChI is InChI=1S/C15H24N2/c1-5-14(16)13-9-7-8-10-15(13)17(6-2)11-12(3)4/h7-10,14H,3,5-6,11,16H2,1-2,4H3. The molecule has 0 radical (unpaired) electrons. The lowest BCUT2D eigenvalue weighted by Crippen LogP contribution is -2.27. The Balaban J connectivity index is 3.05. The van der Waals surface area contributed by atoms with Gasteiger partial charge in [-0.1, -0.05) is 37.3 Å². The quantitative estimate of drug-likeness (QED) is 0.761. The van der Waals surface area contributed by atoms with Gasteiger partial charge in [0, 0.05) is 24.8 Å². The first-order chi connectivity index (χ1) is 8.10. The molecular formula is C15H24N2. The first-order valence-electron chi connectivity index (χ1n) is 6.33. The fraction of sp³-hybridized carbons (Fsp3) is 0.467. The second-order valence-corrected chi connectivity index (χ2v) is 4.54. The molecule has 0 aliphatic heterocycles. The molecule has 0 heterocycles. The van der Waals surface area contributed by atoms with Gasteiger partial charge in [0.25, 0.3) is 0 Å². The number of hydrogen-bond acceptors (Lipinski definition) is 2. The number of hydrogen-bond donors (Lipinski definition) is 1. The maximum Gasteiger partial charge on any atom is 0.0417 e. The molecule has 1 rings (SSSR count). The van der Waals surface area contributed by atoms with Crippen LogP contribution in [0.15, 0.2) is 36.4 Å². The Morgan fingerprint density at radius 3 is 2.53 bits per heavy atom. The third-order valence-corrected chi connectivity index (χ3v) is 2.96. The molecule has 0 spiro atoms. The van der Waals surface area contributed by atoms with Gasteiger partial charge in [-0.3, -0.25) is 0 Å². The maximum atomic E-state index is 6.17. The summed E-state index contributed by atoms with van der Waals surface area (Å²) in [4.78, 5) is 2.33. The van der Waals surface area contributed by atoms with E-state index < -0.39 is 0 Å². The van der Waals surface area contributed by atoms with Crippen LogP contribution in [0.1, 0.15) is 38.8 Å². The number of nitrogens with two attached hydrogens (primary N) is 1. The molecule has 0 aliphatic rings. The molecule has 0 fully saturated rings. The van der Waals surface area contributed by atoms with Crippen molar-refractivity contribution in [2.45, 2.75) is 33.2 Å². The third kappa shape index (κ3) is 3.60. The molecular weight excluding hydrogens is 208 g/mol. The minimum atomic E-state index is 0.116. The highest BCUT2D eigenvalue weighted by Gasteiger charge is 2.13. The number of anilines is 1. The van der Waals surface area contributed by atoms with Crippen LogP contribution in [0.4, 0.5) is 5.69 Å². The highest BCUT2D eigenvalue weighted by atomic mass is 15.1. The fourth-order valence-electron chi connectivity index (χ4n) is 2.00. The summed E-state index contributed by atoms with van der Waals surface area (Å²) in [6.07, 6.45) is 0.960. The summed E-state index contributed by atoms with van der Waals surface area (Å²) in [7, 11) is 0. The van der Waals surface area contributed by atoms with E-state index in [1.165, 1.54) is 16.8 Å². The van der Waals surface area contributed by atoms with Gasteiger partial charge in [0.1, 0.15) is 0 Å². The number of nitrogens with zero attached hydrogens (tertiary/aromatic N) is 1. The van der Waals surface area contributed by atoms with Crippen LogP contribution in [0.2, 0.25) is 0 Å². The van der Waals surface area contributed by atoms with Crippen molar-refractivity contribution in [2.24, 2.45) is 5.73 Å². The fourth-order valence-corrected chi connectivity index (χ4v) is 2.00. The van der Waals surface area contributed by atoms with E-state index in [1.807, 2.05) is 0 Å². The normalized spacial score (nSPS) is 12.2. The van der Waals surface area contributed by atoms with E-state index in [4.69, 9.17) is 5.73 Å². The number of para-hydroxylation sites is 1. The maximum absolute atomic E-state index is 6.17. The summed E-state index contributed by atoms with van der Waals surface area (Å²) >= 11 is 0. The van der Waals surface area contributed by atoms with Crippen LogP contribution in [-0.4, -0.2) is 13.1 Å².